The smallest absolute Gasteiger partial charge is 0.0447 e. The van der Waals surface area contributed by atoms with Gasteiger partial charge in [-0.2, -0.15) is 0 Å². The molecule has 0 unspecified atom stereocenters. The zero-order chi connectivity index (χ0) is 15.1. The Morgan fingerprint density at radius 2 is 2.19 bits per heavy atom. The molecular formula is C17H27BrN2O. The van der Waals surface area contributed by atoms with Crippen LogP contribution in [0.25, 0.3) is 0 Å². The lowest BCUT2D eigenvalue weighted by molar-refractivity contribution is 0.283. The van der Waals surface area contributed by atoms with Crippen LogP contribution in [0.2, 0.25) is 0 Å². The van der Waals surface area contributed by atoms with E-state index in [4.69, 9.17) is 5.11 Å². The van der Waals surface area contributed by atoms with E-state index in [2.05, 4.69) is 51.3 Å². The SMILES string of the molecule is CCCNCc1ccc(N(CCCO)C2CCC2)cc1Br. The molecule has 0 saturated heterocycles. The summed E-state index contributed by atoms with van der Waals surface area (Å²) in [5, 5.41) is 12.6. The van der Waals surface area contributed by atoms with Gasteiger partial charge in [-0.3, -0.25) is 0 Å². The molecule has 0 heterocycles. The van der Waals surface area contributed by atoms with Gasteiger partial charge in [-0.05, 0) is 56.3 Å². The molecule has 118 valence electrons. The number of rotatable bonds is 9. The van der Waals surface area contributed by atoms with Crippen LogP contribution >= 0.6 is 15.9 Å². The number of anilines is 1. The predicted octanol–water partition coefficient (Wildman–Crippen LogP) is 3.69. The van der Waals surface area contributed by atoms with Crippen molar-refractivity contribution in [1.29, 1.82) is 0 Å². The van der Waals surface area contributed by atoms with E-state index in [0.29, 0.717) is 6.04 Å². The minimum absolute atomic E-state index is 0.267. The highest BCUT2D eigenvalue weighted by Crippen LogP contribution is 2.32. The maximum Gasteiger partial charge on any atom is 0.0447 e. The third-order valence-electron chi connectivity index (χ3n) is 4.18. The van der Waals surface area contributed by atoms with E-state index in [9.17, 15) is 0 Å². The van der Waals surface area contributed by atoms with Crippen molar-refractivity contribution in [3.05, 3.63) is 28.2 Å². The average Bonchev–Trinajstić information content (AvgIpc) is 2.43. The van der Waals surface area contributed by atoms with E-state index in [1.54, 1.807) is 0 Å². The maximum atomic E-state index is 9.11. The van der Waals surface area contributed by atoms with Crippen LogP contribution in [0, 0.1) is 0 Å². The van der Waals surface area contributed by atoms with Crippen LogP contribution in [0.5, 0.6) is 0 Å². The Bertz CT molecular complexity index is 435. The molecule has 1 fully saturated rings. The molecule has 1 aliphatic carbocycles. The molecule has 3 nitrogen and oxygen atoms in total. The van der Waals surface area contributed by atoms with Crippen molar-refractivity contribution >= 4 is 21.6 Å². The van der Waals surface area contributed by atoms with Gasteiger partial charge in [0.25, 0.3) is 0 Å². The summed E-state index contributed by atoms with van der Waals surface area (Å²) in [6, 6.07) is 7.34. The number of benzene rings is 1. The molecule has 2 rings (SSSR count). The Kier molecular flexibility index (Phi) is 7.00. The van der Waals surface area contributed by atoms with Crippen molar-refractivity contribution in [1.82, 2.24) is 5.32 Å². The summed E-state index contributed by atoms with van der Waals surface area (Å²) in [5.74, 6) is 0. The first kappa shape index (κ1) is 16.8. The molecule has 0 aromatic heterocycles. The first-order valence-electron chi connectivity index (χ1n) is 8.13. The highest BCUT2D eigenvalue weighted by Gasteiger charge is 2.25. The molecule has 0 spiro atoms. The monoisotopic (exact) mass is 354 g/mol. The Labute approximate surface area is 136 Å². The van der Waals surface area contributed by atoms with Crippen LogP contribution in [0.1, 0.15) is 44.6 Å². The number of hydrogen-bond donors (Lipinski definition) is 2. The fourth-order valence-electron chi connectivity index (χ4n) is 2.72. The number of halogens is 1. The highest BCUT2D eigenvalue weighted by molar-refractivity contribution is 9.10. The van der Waals surface area contributed by atoms with Crippen molar-refractivity contribution in [3.63, 3.8) is 0 Å². The molecule has 1 aromatic rings. The number of nitrogens with zero attached hydrogens (tertiary/aromatic N) is 1. The minimum Gasteiger partial charge on any atom is -0.396 e. The van der Waals surface area contributed by atoms with E-state index in [0.717, 1.165) is 32.5 Å². The highest BCUT2D eigenvalue weighted by atomic mass is 79.9. The zero-order valence-electron chi connectivity index (χ0n) is 12.9. The molecule has 1 aliphatic rings. The van der Waals surface area contributed by atoms with Crippen molar-refractivity contribution in [2.45, 2.75) is 51.6 Å². The second-order valence-corrected chi connectivity index (χ2v) is 6.66. The van der Waals surface area contributed by atoms with Gasteiger partial charge in [-0.25, -0.2) is 0 Å². The van der Waals surface area contributed by atoms with Gasteiger partial charge < -0.3 is 15.3 Å². The molecule has 1 saturated carbocycles. The third-order valence-corrected chi connectivity index (χ3v) is 4.92. The van der Waals surface area contributed by atoms with E-state index < -0.39 is 0 Å². The van der Waals surface area contributed by atoms with Gasteiger partial charge >= 0.3 is 0 Å². The Hall–Kier alpha value is -0.580. The van der Waals surface area contributed by atoms with Gasteiger partial charge in [0.05, 0.1) is 0 Å². The van der Waals surface area contributed by atoms with Crippen molar-refractivity contribution in [2.75, 3.05) is 24.6 Å². The largest absolute Gasteiger partial charge is 0.396 e. The summed E-state index contributed by atoms with van der Waals surface area (Å²) in [7, 11) is 0. The number of nitrogens with one attached hydrogen (secondary N) is 1. The molecule has 0 radical (unpaired) electrons. The first-order valence-corrected chi connectivity index (χ1v) is 8.92. The van der Waals surface area contributed by atoms with Crippen molar-refractivity contribution in [2.24, 2.45) is 0 Å². The molecule has 21 heavy (non-hydrogen) atoms. The van der Waals surface area contributed by atoms with Crippen molar-refractivity contribution in [3.8, 4) is 0 Å². The van der Waals surface area contributed by atoms with Gasteiger partial charge in [0.15, 0.2) is 0 Å². The third kappa shape index (κ3) is 4.70. The fraction of sp³-hybridized carbons (Fsp3) is 0.647. The summed E-state index contributed by atoms with van der Waals surface area (Å²) in [5.41, 5.74) is 2.59. The van der Waals surface area contributed by atoms with Crippen LogP contribution in [-0.2, 0) is 6.54 Å². The normalized spacial score (nSPS) is 15.0. The topological polar surface area (TPSA) is 35.5 Å². The molecule has 0 atom stereocenters. The van der Waals surface area contributed by atoms with Gasteiger partial charge in [0.1, 0.15) is 0 Å². The van der Waals surface area contributed by atoms with Crippen LogP contribution < -0.4 is 10.2 Å². The van der Waals surface area contributed by atoms with Crippen LogP contribution in [0.15, 0.2) is 22.7 Å². The van der Waals surface area contributed by atoms with Gasteiger partial charge in [-0.15, -0.1) is 0 Å². The summed E-state index contributed by atoms with van der Waals surface area (Å²) in [6.07, 6.45) is 5.90. The Morgan fingerprint density at radius 1 is 1.38 bits per heavy atom. The second kappa shape index (κ2) is 8.76. The summed E-state index contributed by atoms with van der Waals surface area (Å²) < 4.78 is 1.18. The summed E-state index contributed by atoms with van der Waals surface area (Å²) in [4.78, 5) is 2.47. The lowest BCUT2D eigenvalue weighted by Gasteiger charge is -2.39. The van der Waals surface area contributed by atoms with Crippen LogP contribution in [0.4, 0.5) is 5.69 Å². The van der Waals surface area contributed by atoms with Gasteiger partial charge in [0.2, 0.25) is 0 Å². The minimum atomic E-state index is 0.267. The van der Waals surface area contributed by atoms with Crippen LogP contribution in [0.3, 0.4) is 0 Å². The van der Waals surface area contributed by atoms with E-state index in [1.807, 2.05) is 0 Å². The van der Waals surface area contributed by atoms with Gasteiger partial charge in [0, 0.05) is 35.9 Å². The van der Waals surface area contributed by atoms with Gasteiger partial charge in [-0.1, -0.05) is 28.9 Å². The summed E-state index contributed by atoms with van der Waals surface area (Å²) >= 11 is 3.71. The number of aliphatic hydroxyl groups is 1. The number of hydrogen-bond acceptors (Lipinski definition) is 3. The first-order chi connectivity index (χ1) is 10.3. The predicted molar refractivity (Wildman–Crippen MR) is 92.8 cm³/mol. The Morgan fingerprint density at radius 3 is 2.76 bits per heavy atom. The second-order valence-electron chi connectivity index (χ2n) is 5.81. The average molecular weight is 355 g/mol. The van der Waals surface area contributed by atoms with E-state index in [-0.39, 0.29) is 6.61 Å². The lowest BCUT2D eigenvalue weighted by Crippen LogP contribution is -2.41. The molecule has 0 bridgehead atoms. The molecule has 0 aliphatic heterocycles. The lowest BCUT2D eigenvalue weighted by atomic mass is 9.91. The molecule has 0 amide bonds. The number of aliphatic hydroxyl groups excluding tert-OH is 1. The molecule has 4 heteroatoms. The maximum absolute atomic E-state index is 9.11. The molecule has 2 N–H and O–H groups in total. The van der Waals surface area contributed by atoms with E-state index >= 15 is 0 Å². The Balaban J connectivity index is 2.04. The zero-order valence-corrected chi connectivity index (χ0v) is 14.5. The van der Waals surface area contributed by atoms with Crippen LogP contribution in [-0.4, -0.2) is 30.8 Å². The molecule has 1 aromatic carbocycles. The summed E-state index contributed by atoms with van der Waals surface area (Å²) in [6.45, 7) is 5.36. The standard InChI is InChI=1S/C17H27BrN2O/c1-2-9-19-13-14-7-8-16(12-17(14)18)20(10-4-11-21)15-5-3-6-15/h7-8,12,15,19,21H,2-6,9-11,13H2,1H3. The van der Waals surface area contributed by atoms with E-state index in [1.165, 1.54) is 35.0 Å². The molecular weight excluding hydrogens is 328 g/mol. The van der Waals surface area contributed by atoms with Crippen molar-refractivity contribution < 1.29 is 5.11 Å². The fourth-order valence-corrected chi connectivity index (χ4v) is 3.23. The quantitative estimate of drug-likeness (QED) is 0.663.